The maximum atomic E-state index is 13.9. The minimum Gasteiger partial charge on any atom is -0.459 e. The number of alkyl carbamates (subject to hydrolysis) is 2. The van der Waals surface area contributed by atoms with Gasteiger partial charge in [-0.15, -0.1) is 0 Å². The predicted molar refractivity (Wildman–Crippen MR) is 206 cm³/mol. The van der Waals surface area contributed by atoms with Crippen molar-refractivity contribution in [2.24, 2.45) is 11.8 Å². The molecule has 0 spiro atoms. The van der Waals surface area contributed by atoms with Crippen LogP contribution in [0.2, 0.25) is 0 Å². The Morgan fingerprint density at radius 1 is 0.611 bits per heavy atom. The Hall–Kier alpha value is -5.39. The lowest BCUT2D eigenvalue weighted by atomic mass is 9.94. The highest BCUT2D eigenvalue weighted by Crippen LogP contribution is 2.16. The maximum Gasteiger partial charge on any atom is 0.407 e. The Morgan fingerprint density at radius 3 is 1.61 bits per heavy atom. The van der Waals surface area contributed by atoms with Crippen LogP contribution in [0.1, 0.15) is 78.0 Å². The third kappa shape index (κ3) is 15.3. The average molecular weight is 745 g/mol. The van der Waals surface area contributed by atoms with E-state index in [-0.39, 0.29) is 37.9 Å². The summed E-state index contributed by atoms with van der Waals surface area (Å²) in [6.07, 6.45) is -1.10. The van der Waals surface area contributed by atoms with E-state index in [0.717, 1.165) is 16.7 Å². The van der Waals surface area contributed by atoms with Crippen LogP contribution in [0.4, 0.5) is 9.59 Å². The fourth-order valence-electron chi connectivity index (χ4n) is 5.52. The second kappa shape index (κ2) is 21.3. The van der Waals surface area contributed by atoms with Crippen molar-refractivity contribution in [1.82, 2.24) is 21.3 Å². The molecular formula is C42H56N4O8. The summed E-state index contributed by atoms with van der Waals surface area (Å²) in [6.45, 7) is 12.5. The molecule has 3 aromatic rings. The van der Waals surface area contributed by atoms with E-state index in [1.54, 1.807) is 34.6 Å². The van der Waals surface area contributed by atoms with Crippen molar-refractivity contribution in [2.75, 3.05) is 0 Å². The lowest BCUT2D eigenvalue weighted by Crippen LogP contribution is -2.58. The topological polar surface area (TPSA) is 161 Å². The molecule has 0 aromatic heterocycles. The second-order valence-corrected chi connectivity index (χ2v) is 14.7. The Balaban J connectivity index is 1.84. The number of nitrogens with one attached hydrogen (secondary N) is 4. The van der Waals surface area contributed by atoms with Gasteiger partial charge in [0.1, 0.15) is 30.9 Å². The fraction of sp³-hybridized carbons (Fsp3) is 0.452. The highest BCUT2D eigenvalue weighted by molar-refractivity contribution is 5.91. The summed E-state index contributed by atoms with van der Waals surface area (Å²) in [5.41, 5.74) is 1.60. The monoisotopic (exact) mass is 744 g/mol. The van der Waals surface area contributed by atoms with Gasteiger partial charge in [0.25, 0.3) is 0 Å². The predicted octanol–water partition coefficient (Wildman–Crippen LogP) is 6.22. The number of benzene rings is 3. The van der Waals surface area contributed by atoms with Crippen molar-refractivity contribution in [3.63, 3.8) is 0 Å². The van der Waals surface area contributed by atoms with Crippen LogP contribution in [-0.2, 0) is 48.2 Å². The van der Waals surface area contributed by atoms with E-state index in [9.17, 15) is 24.0 Å². The zero-order chi connectivity index (χ0) is 39.7. The zero-order valence-electron chi connectivity index (χ0n) is 32.4. The zero-order valence-corrected chi connectivity index (χ0v) is 32.4. The van der Waals surface area contributed by atoms with Gasteiger partial charge in [-0.25, -0.2) is 14.4 Å². The van der Waals surface area contributed by atoms with Crippen LogP contribution < -0.4 is 21.3 Å². The van der Waals surface area contributed by atoms with Crippen molar-refractivity contribution in [1.29, 1.82) is 0 Å². The van der Waals surface area contributed by atoms with Crippen molar-refractivity contribution in [3.8, 4) is 0 Å². The summed E-state index contributed by atoms with van der Waals surface area (Å²) in [6, 6.07) is 23.8. The Kier molecular flexibility index (Phi) is 17.0. The molecule has 54 heavy (non-hydrogen) atoms. The van der Waals surface area contributed by atoms with Crippen LogP contribution >= 0.6 is 0 Å². The van der Waals surface area contributed by atoms with Crippen LogP contribution in [0.15, 0.2) is 91.0 Å². The quantitative estimate of drug-likeness (QED) is 0.0882. The number of amides is 4. The van der Waals surface area contributed by atoms with Gasteiger partial charge >= 0.3 is 18.2 Å². The van der Waals surface area contributed by atoms with Crippen LogP contribution in [0.25, 0.3) is 0 Å². The standard InChI is InChI=1S/C42H56N4O8/c1-8-29(4)37(38(48)46-36(28(2)3)39(49)52-26-31-20-14-10-15-21-31)45-35(47)25-34(43-40(50)53-27-32-22-16-11-17-23-32)33(24-30-18-12-9-13-19-30)44-41(51)54-42(5,6)7/h9-23,28-29,33-34,36-37H,8,24-27H2,1-7H3,(H,43,50)(H,44,51)(H,45,47)(H,46,48)/t29-,33-,34-,36-,37-/m0/s1. The Morgan fingerprint density at radius 2 is 1.11 bits per heavy atom. The summed E-state index contributed by atoms with van der Waals surface area (Å²) >= 11 is 0. The molecule has 3 aromatic carbocycles. The highest BCUT2D eigenvalue weighted by atomic mass is 16.6. The largest absolute Gasteiger partial charge is 0.459 e. The fourth-order valence-corrected chi connectivity index (χ4v) is 5.52. The summed E-state index contributed by atoms with van der Waals surface area (Å²) in [7, 11) is 0. The van der Waals surface area contributed by atoms with Gasteiger partial charge in [-0.3, -0.25) is 9.59 Å². The van der Waals surface area contributed by atoms with Gasteiger partial charge < -0.3 is 35.5 Å². The normalized spacial score (nSPS) is 14.0. The molecule has 0 radical (unpaired) electrons. The minimum absolute atomic E-state index is 0.0184. The number of rotatable bonds is 18. The molecule has 0 aliphatic rings. The summed E-state index contributed by atoms with van der Waals surface area (Å²) in [5, 5.41) is 11.3. The van der Waals surface area contributed by atoms with Crippen LogP contribution in [0.3, 0.4) is 0 Å². The summed E-state index contributed by atoms with van der Waals surface area (Å²) in [5.74, 6) is -2.34. The molecular weight excluding hydrogens is 688 g/mol. The molecule has 0 aliphatic carbocycles. The number of hydrogen-bond acceptors (Lipinski definition) is 8. The van der Waals surface area contributed by atoms with Crippen molar-refractivity contribution in [3.05, 3.63) is 108 Å². The molecule has 12 nitrogen and oxygen atoms in total. The lowest BCUT2D eigenvalue weighted by Gasteiger charge is -2.31. The molecule has 0 heterocycles. The third-order valence-electron chi connectivity index (χ3n) is 8.66. The minimum atomic E-state index is -1.03. The van der Waals surface area contributed by atoms with Gasteiger partial charge in [-0.1, -0.05) is 125 Å². The van der Waals surface area contributed by atoms with Crippen molar-refractivity contribution in [2.45, 2.75) is 111 Å². The number of carbonyl (C=O) groups excluding carboxylic acids is 5. The molecule has 5 atom stereocenters. The Labute approximate surface area is 319 Å². The molecule has 3 rings (SSSR count). The second-order valence-electron chi connectivity index (χ2n) is 14.7. The molecule has 0 saturated heterocycles. The van der Waals surface area contributed by atoms with Crippen LogP contribution in [-0.4, -0.2) is 59.7 Å². The number of carbonyl (C=O) groups is 5. The Bertz CT molecular complexity index is 1630. The van der Waals surface area contributed by atoms with E-state index in [4.69, 9.17) is 14.2 Å². The van der Waals surface area contributed by atoms with E-state index in [2.05, 4.69) is 21.3 Å². The van der Waals surface area contributed by atoms with Crippen LogP contribution in [0, 0.1) is 11.8 Å². The molecule has 0 unspecified atom stereocenters. The van der Waals surface area contributed by atoms with E-state index >= 15 is 0 Å². The summed E-state index contributed by atoms with van der Waals surface area (Å²) in [4.78, 5) is 67.2. The van der Waals surface area contributed by atoms with Gasteiger partial charge in [-0.05, 0) is 55.7 Å². The first-order valence-electron chi connectivity index (χ1n) is 18.5. The molecule has 0 aliphatic heterocycles. The highest BCUT2D eigenvalue weighted by Gasteiger charge is 2.35. The maximum absolute atomic E-state index is 13.9. The van der Waals surface area contributed by atoms with E-state index in [1.807, 2.05) is 105 Å². The van der Waals surface area contributed by atoms with Gasteiger partial charge in [0, 0.05) is 6.42 Å². The van der Waals surface area contributed by atoms with E-state index < -0.39 is 59.7 Å². The van der Waals surface area contributed by atoms with Gasteiger partial charge in [0.2, 0.25) is 11.8 Å². The van der Waals surface area contributed by atoms with Crippen molar-refractivity contribution >= 4 is 30.0 Å². The summed E-state index contributed by atoms with van der Waals surface area (Å²) < 4.78 is 16.6. The molecule has 0 saturated carbocycles. The smallest absolute Gasteiger partial charge is 0.407 e. The van der Waals surface area contributed by atoms with Crippen molar-refractivity contribution < 1.29 is 38.2 Å². The van der Waals surface area contributed by atoms with Gasteiger partial charge in [-0.2, -0.15) is 0 Å². The van der Waals surface area contributed by atoms with Gasteiger partial charge in [0.05, 0.1) is 12.1 Å². The molecule has 0 bridgehead atoms. The number of ether oxygens (including phenoxy) is 3. The third-order valence-corrected chi connectivity index (χ3v) is 8.66. The first kappa shape index (κ1) is 43.0. The first-order chi connectivity index (χ1) is 25.6. The molecule has 4 N–H and O–H groups in total. The number of hydrogen-bond donors (Lipinski definition) is 4. The SMILES string of the molecule is CC[C@H](C)[C@H](NC(=O)C[C@H](NC(=O)OCc1ccccc1)[C@H](Cc1ccccc1)NC(=O)OC(C)(C)C)C(=O)N[C@H](C(=O)OCc1ccccc1)C(C)C. The number of esters is 1. The van der Waals surface area contributed by atoms with E-state index in [0.29, 0.717) is 6.42 Å². The van der Waals surface area contributed by atoms with Gasteiger partial charge in [0.15, 0.2) is 0 Å². The molecule has 292 valence electrons. The van der Waals surface area contributed by atoms with E-state index in [1.165, 1.54) is 0 Å². The molecule has 0 fully saturated rings. The molecule has 12 heteroatoms. The first-order valence-corrected chi connectivity index (χ1v) is 18.5. The average Bonchev–Trinajstić information content (AvgIpc) is 3.13. The molecule has 4 amide bonds. The van der Waals surface area contributed by atoms with Crippen LogP contribution in [0.5, 0.6) is 0 Å². The lowest BCUT2D eigenvalue weighted by molar-refractivity contribution is -0.150.